The molecule has 21 heavy (non-hydrogen) atoms. The lowest BCUT2D eigenvalue weighted by Crippen LogP contribution is -2.48. The van der Waals surface area contributed by atoms with E-state index in [-0.39, 0.29) is 5.56 Å². The molecule has 2 rings (SSSR count). The van der Waals surface area contributed by atoms with E-state index in [1.54, 1.807) is 49.4 Å². The molecule has 1 aromatic heterocycles. The molecular weight excluding hydrogens is 274 g/mol. The highest BCUT2D eigenvalue weighted by molar-refractivity contribution is 5.82. The molecule has 0 saturated heterocycles. The number of methoxy groups -OCH3 is 1. The number of nitrogens with zero attached hydrogens (tertiary/aromatic N) is 1. The first kappa shape index (κ1) is 14.8. The van der Waals surface area contributed by atoms with Gasteiger partial charge in [-0.05, 0) is 19.1 Å². The second-order valence-corrected chi connectivity index (χ2v) is 4.62. The van der Waals surface area contributed by atoms with Crippen LogP contribution in [0.4, 0.5) is 0 Å². The monoisotopic (exact) mass is 289 g/mol. The maximum absolute atomic E-state index is 12.3. The molecule has 0 spiro atoms. The summed E-state index contributed by atoms with van der Waals surface area (Å²) in [6.45, 7) is 1.57. The average Bonchev–Trinajstić information content (AvgIpc) is 3.02. The summed E-state index contributed by atoms with van der Waals surface area (Å²) >= 11 is 0. The van der Waals surface area contributed by atoms with Gasteiger partial charge in [-0.15, -0.1) is 0 Å². The zero-order chi connectivity index (χ0) is 15.5. The normalized spacial score (nSPS) is 15.0. The van der Waals surface area contributed by atoms with Crippen molar-refractivity contribution >= 4 is 5.97 Å². The number of carbonyl (C=O) groups excluding carboxylic acids is 1. The molecule has 0 amide bonds. The van der Waals surface area contributed by atoms with E-state index in [1.807, 2.05) is 0 Å². The zero-order valence-electron chi connectivity index (χ0n) is 11.7. The molecule has 0 fully saturated rings. The molecule has 1 heterocycles. The van der Waals surface area contributed by atoms with Crippen molar-refractivity contribution < 1.29 is 18.9 Å². The summed E-state index contributed by atoms with van der Waals surface area (Å²) in [7, 11) is 1.14. The smallest absolute Gasteiger partial charge is 0.390 e. The summed E-state index contributed by atoms with van der Waals surface area (Å²) in [5.41, 5.74) is -1.79. The Labute approximate surface area is 121 Å². The minimum Gasteiger partial charge on any atom is -0.469 e. The maximum atomic E-state index is 12.3. The molecular formula is C15H15NO5. The van der Waals surface area contributed by atoms with E-state index in [0.29, 0.717) is 5.76 Å². The average molecular weight is 289 g/mol. The van der Waals surface area contributed by atoms with Crippen molar-refractivity contribution in [2.45, 2.75) is 18.4 Å². The lowest BCUT2D eigenvalue weighted by atomic mass is 9.78. The van der Waals surface area contributed by atoms with Crippen molar-refractivity contribution in [1.82, 2.24) is 0 Å². The van der Waals surface area contributed by atoms with Crippen molar-refractivity contribution in [3.8, 4) is 0 Å². The van der Waals surface area contributed by atoms with Gasteiger partial charge in [0.25, 0.3) is 0 Å². The van der Waals surface area contributed by atoms with E-state index in [0.717, 1.165) is 7.11 Å². The van der Waals surface area contributed by atoms with Crippen LogP contribution in [0.5, 0.6) is 0 Å². The van der Waals surface area contributed by atoms with Crippen LogP contribution in [0.3, 0.4) is 0 Å². The van der Waals surface area contributed by atoms with Crippen LogP contribution in [0.15, 0.2) is 53.1 Å². The molecule has 0 bridgehead atoms. The van der Waals surface area contributed by atoms with Crippen LogP contribution in [0.25, 0.3) is 0 Å². The SMILES string of the molecule is COC(=O)C(c1ccccc1)(C(C)c1ccco1)[N+](=O)[O-]. The molecule has 6 heteroatoms. The highest BCUT2D eigenvalue weighted by Crippen LogP contribution is 2.40. The fourth-order valence-corrected chi connectivity index (χ4v) is 2.47. The Morgan fingerprint density at radius 2 is 1.95 bits per heavy atom. The Hall–Kier alpha value is -2.63. The third kappa shape index (κ3) is 2.29. The topological polar surface area (TPSA) is 82.6 Å². The van der Waals surface area contributed by atoms with E-state index in [2.05, 4.69) is 0 Å². The van der Waals surface area contributed by atoms with Crippen LogP contribution < -0.4 is 0 Å². The molecule has 2 atom stereocenters. The van der Waals surface area contributed by atoms with Gasteiger partial charge in [0, 0.05) is 10.5 Å². The minimum absolute atomic E-state index is 0.255. The lowest BCUT2D eigenvalue weighted by molar-refractivity contribution is -0.569. The van der Waals surface area contributed by atoms with Gasteiger partial charge in [-0.25, -0.2) is 4.79 Å². The van der Waals surface area contributed by atoms with Crippen LogP contribution in [0.1, 0.15) is 24.2 Å². The van der Waals surface area contributed by atoms with Gasteiger partial charge in [-0.2, -0.15) is 0 Å². The molecule has 0 N–H and O–H groups in total. The Kier molecular flexibility index (Phi) is 4.07. The van der Waals surface area contributed by atoms with Gasteiger partial charge in [0.05, 0.1) is 13.4 Å². The van der Waals surface area contributed by atoms with Crippen LogP contribution in [-0.4, -0.2) is 18.0 Å². The van der Waals surface area contributed by atoms with Gasteiger partial charge in [-0.3, -0.25) is 10.1 Å². The summed E-state index contributed by atoms with van der Waals surface area (Å²) in [4.78, 5) is 23.5. The van der Waals surface area contributed by atoms with Crippen molar-refractivity contribution in [2.75, 3.05) is 7.11 Å². The van der Waals surface area contributed by atoms with E-state index in [9.17, 15) is 14.9 Å². The van der Waals surface area contributed by atoms with Crippen LogP contribution >= 0.6 is 0 Å². The molecule has 2 unspecified atom stereocenters. The lowest BCUT2D eigenvalue weighted by Gasteiger charge is -2.27. The molecule has 0 radical (unpaired) electrons. The Balaban J connectivity index is 2.68. The van der Waals surface area contributed by atoms with Gasteiger partial charge in [0.2, 0.25) is 0 Å². The van der Waals surface area contributed by atoms with Gasteiger partial charge in [0.15, 0.2) is 0 Å². The highest BCUT2D eigenvalue weighted by atomic mass is 16.6. The zero-order valence-corrected chi connectivity index (χ0v) is 11.7. The molecule has 6 nitrogen and oxygen atoms in total. The first-order valence-electron chi connectivity index (χ1n) is 6.37. The molecule has 110 valence electrons. The highest BCUT2D eigenvalue weighted by Gasteiger charge is 2.60. The summed E-state index contributed by atoms with van der Waals surface area (Å²) in [5.74, 6) is -1.40. The number of furan rings is 1. The first-order valence-corrected chi connectivity index (χ1v) is 6.37. The Morgan fingerprint density at radius 1 is 1.29 bits per heavy atom. The number of esters is 1. The predicted molar refractivity (Wildman–Crippen MR) is 74.3 cm³/mol. The Bertz CT molecular complexity index is 623. The summed E-state index contributed by atoms with van der Waals surface area (Å²) in [6.07, 6.45) is 1.42. The van der Waals surface area contributed by atoms with E-state index < -0.39 is 22.3 Å². The minimum atomic E-state index is -2.05. The van der Waals surface area contributed by atoms with Crippen LogP contribution in [0.2, 0.25) is 0 Å². The number of carbonyl (C=O) groups is 1. The molecule has 0 aliphatic heterocycles. The largest absolute Gasteiger partial charge is 0.469 e. The number of rotatable bonds is 5. The maximum Gasteiger partial charge on any atom is 0.390 e. The van der Waals surface area contributed by atoms with E-state index in [1.165, 1.54) is 6.26 Å². The molecule has 0 aliphatic carbocycles. The van der Waals surface area contributed by atoms with E-state index >= 15 is 0 Å². The quantitative estimate of drug-likeness (QED) is 0.480. The molecule has 0 saturated carbocycles. The van der Waals surface area contributed by atoms with Crippen molar-refractivity contribution in [1.29, 1.82) is 0 Å². The van der Waals surface area contributed by atoms with Crippen molar-refractivity contribution in [3.63, 3.8) is 0 Å². The van der Waals surface area contributed by atoms with Gasteiger partial charge in [-0.1, -0.05) is 30.3 Å². The third-order valence-electron chi connectivity index (χ3n) is 3.60. The summed E-state index contributed by atoms with van der Waals surface area (Å²) < 4.78 is 9.98. The fraction of sp³-hybridized carbons (Fsp3) is 0.267. The fourth-order valence-electron chi connectivity index (χ4n) is 2.47. The first-order chi connectivity index (χ1) is 10.0. The molecule has 2 aromatic rings. The number of benzene rings is 1. The number of ether oxygens (including phenoxy) is 1. The second kappa shape index (κ2) is 5.78. The van der Waals surface area contributed by atoms with Gasteiger partial charge in [0.1, 0.15) is 11.7 Å². The predicted octanol–water partition coefficient (Wildman–Crippen LogP) is 2.73. The summed E-state index contributed by atoms with van der Waals surface area (Å²) in [5, 5.41) is 11.8. The number of hydrogen-bond acceptors (Lipinski definition) is 5. The van der Waals surface area contributed by atoms with Gasteiger partial charge < -0.3 is 9.15 Å². The number of hydrogen-bond donors (Lipinski definition) is 0. The van der Waals surface area contributed by atoms with Crippen LogP contribution in [0, 0.1) is 10.1 Å². The third-order valence-corrected chi connectivity index (χ3v) is 3.60. The second-order valence-electron chi connectivity index (χ2n) is 4.62. The van der Waals surface area contributed by atoms with Crippen molar-refractivity contribution in [3.05, 3.63) is 70.2 Å². The van der Waals surface area contributed by atoms with Crippen molar-refractivity contribution in [2.24, 2.45) is 0 Å². The molecule has 1 aromatic carbocycles. The standard InChI is InChI=1S/C15H15NO5/c1-11(13-9-6-10-21-13)15(16(18)19,14(17)20-2)12-7-4-3-5-8-12/h3-11H,1-2H3. The Morgan fingerprint density at radius 3 is 2.43 bits per heavy atom. The van der Waals surface area contributed by atoms with Crippen LogP contribution in [-0.2, 0) is 15.1 Å². The number of nitro groups is 1. The summed E-state index contributed by atoms with van der Waals surface area (Å²) in [6, 6.07) is 11.3. The van der Waals surface area contributed by atoms with Gasteiger partial charge >= 0.3 is 11.5 Å². The van der Waals surface area contributed by atoms with E-state index in [4.69, 9.17) is 9.15 Å². The molecule has 0 aliphatic rings.